The van der Waals surface area contributed by atoms with Gasteiger partial charge >= 0.3 is 5.97 Å². The number of likely N-dealkylation sites (N-methyl/N-ethyl adjacent to an activating group) is 1. The van der Waals surface area contributed by atoms with Crippen LogP contribution in [0.3, 0.4) is 0 Å². The van der Waals surface area contributed by atoms with Crippen LogP contribution in [0.2, 0.25) is 0 Å². The maximum Gasteiger partial charge on any atom is 0.323 e. The quantitative estimate of drug-likeness (QED) is 0.300. The molecule has 0 heterocycles. The first-order valence-corrected chi connectivity index (χ1v) is 12.9. The third kappa shape index (κ3) is 7.67. The van der Waals surface area contributed by atoms with Crippen LogP contribution in [-0.2, 0) is 27.6 Å². The number of ether oxygens (including phenoxy) is 2. The Balaban J connectivity index is 1.83. The van der Waals surface area contributed by atoms with E-state index in [9.17, 15) is 19.8 Å². The van der Waals surface area contributed by atoms with Crippen molar-refractivity contribution in [2.24, 2.45) is 0 Å². The second-order valence-corrected chi connectivity index (χ2v) is 9.56. The van der Waals surface area contributed by atoms with Crippen LogP contribution in [0.1, 0.15) is 35.1 Å². The smallest absolute Gasteiger partial charge is 0.323 e. The Morgan fingerprint density at radius 3 is 2.63 bits per heavy atom. The van der Waals surface area contributed by atoms with Crippen LogP contribution in [0.4, 0.5) is 0 Å². The first kappa shape index (κ1) is 29.4. The Morgan fingerprint density at radius 1 is 1.18 bits per heavy atom. The lowest BCUT2D eigenvalue weighted by Gasteiger charge is -2.20. The van der Waals surface area contributed by atoms with Gasteiger partial charge in [0, 0.05) is 35.3 Å². The largest absolute Gasteiger partial charge is 0.488 e. The van der Waals surface area contributed by atoms with Crippen LogP contribution < -0.4 is 14.8 Å². The van der Waals surface area contributed by atoms with Gasteiger partial charge in [0.15, 0.2) is 6.61 Å². The number of amides is 1. The first-order chi connectivity index (χ1) is 18.2. The highest BCUT2D eigenvalue weighted by atomic mass is 79.9. The molecule has 0 radical (unpaired) electrons. The van der Waals surface area contributed by atoms with Gasteiger partial charge in [0.2, 0.25) is 0 Å². The highest BCUT2D eigenvalue weighted by molar-refractivity contribution is 9.10. The molecule has 0 spiro atoms. The van der Waals surface area contributed by atoms with E-state index < -0.39 is 24.5 Å². The summed E-state index contributed by atoms with van der Waals surface area (Å²) in [7, 11) is 2.85. The molecular weight excluding hydrogens is 556 g/mol. The molecule has 0 aliphatic heterocycles. The summed E-state index contributed by atoms with van der Waals surface area (Å²) in [5, 5.41) is 22.4. The molecule has 9 nitrogen and oxygen atoms in total. The van der Waals surface area contributed by atoms with Crippen molar-refractivity contribution in [2.75, 3.05) is 27.4 Å². The number of carboxylic acids is 1. The van der Waals surface area contributed by atoms with Gasteiger partial charge in [0.05, 0.1) is 13.7 Å². The average molecular weight is 589 g/mol. The molecule has 38 heavy (non-hydrogen) atoms. The van der Waals surface area contributed by atoms with Crippen molar-refractivity contribution in [2.45, 2.75) is 39.0 Å². The number of carbonyl (C=O) groups excluding carboxylic acids is 1. The van der Waals surface area contributed by atoms with Crippen LogP contribution in [0.15, 0.2) is 53.0 Å². The predicted octanol–water partition coefficient (Wildman–Crippen LogP) is 4.00. The minimum Gasteiger partial charge on any atom is -0.488 e. The zero-order valence-corrected chi connectivity index (χ0v) is 23.3. The summed E-state index contributed by atoms with van der Waals surface area (Å²) in [6.07, 6.45) is 8.34. The van der Waals surface area contributed by atoms with Gasteiger partial charge in [-0.15, -0.1) is 0 Å². The number of aliphatic hydroxyl groups excluding tert-OH is 1. The molecule has 2 aromatic carbocycles. The molecule has 3 N–H and O–H groups in total. The number of carboxylic acid groups (broad SMARTS) is 1. The number of hydroxylamine groups is 2. The van der Waals surface area contributed by atoms with E-state index in [-0.39, 0.29) is 13.2 Å². The molecule has 0 bridgehead atoms. The van der Waals surface area contributed by atoms with Crippen molar-refractivity contribution < 1.29 is 34.1 Å². The Morgan fingerprint density at radius 2 is 1.97 bits per heavy atom. The summed E-state index contributed by atoms with van der Waals surface area (Å²) in [5.74, 6) is -0.660. The van der Waals surface area contributed by atoms with E-state index in [4.69, 9.17) is 14.3 Å². The predicted molar refractivity (Wildman–Crippen MR) is 147 cm³/mol. The van der Waals surface area contributed by atoms with Crippen molar-refractivity contribution in [1.29, 1.82) is 0 Å². The van der Waals surface area contributed by atoms with Gasteiger partial charge in [0.25, 0.3) is 5.91 Å². The van der Waals surface area contributed by atoms with Gasteiger partial charge < -0.3 is 19.7 Å². The van der Waals surface area contributed by atoms with E-state index in [1.165, 1.54) is 19.7 Å². The highest BCUT2D eigenvalue weighted by Crippen LogP contribution is 2.34. The number of halogens is 1. The maximum absolute atomic E-state index is 12.2. The number of carbonyl (C=O) groups is 2. The fraction of sp³-hybridized carbons (Fsp3) is 0.357. The molecule has 1 aliphatic carbocycles. The average Bonchev–Trinajstić information content (AvgIpc) is 2.92. The zero-order valence-electron chi connectivity index (χ0n) is 21.7. The maximum atomic E-state index is 12.2. The zero-order chi connectivity index (χ0) is 27.7. The SMILES string of the molecule is CON(C)C(=O)COc1cc(OCc2cccc(C3=CC=CCC3)c2Br)c(C)cc1CN[C@@H](CO)C(=O)O. The third-order valence-corrected chi connectivity index (χ3v) is 7.11. The summed E-state index contributed by atoms with van der Waals surface area (Å²) in [6, 6.07) is 8.45. The summed E-state index contributed by atoms with van der Waals surface area (Å²) >= 11 is 3.75. The molecule has 2 aromatic rings. The van der Waals surface area contributed by atoms with Crippen molar-refractivity contribution in [3.8, 4) is 11.5 Å². The monoisotopic (exact) mass is 588 g/mol. The minimum absolute atomic E-state index is 0.0967. The Kier molecular flexibility index (Phi) is 10.9. The molecule has 1 aliphatic rings. The molecule has 0 saturated carbocycles. The number of hydrogen-bond acceptors (Lipinski definition) is 7. The van der Waals surface area contributed by atoms with Gasteiger partial charge in [-0.25, -0.2) is 5.06 Å². The van der Waals surface area contributed by atoms with E-state index in [1.807, 2.05) is 25.1 Å². The lowest BCUT2D eigenvalue weighted by atomic mass is 9.96. The van der Waals surface area contributed by atoms with Crippen molar-refractivity contribution in [3.63, 3.8) is 0 Å². The lowest BCUT2D eigenvalue weighted by Crippen LogP contribution is -2.39. The summed E-state index contributed by atoms with van der Waals surface area (Å²) in [4.78, 5) is 28.4. The van der Waals surface area contributed by atoms with E-state index >= 15 is 0 Å². The molecule has 0 fully saturated rings. The number of allylic oxidation sites excluding steroid dienone is 4. The Labute approximate surface area is 230 Å². The second kappa shape index (κ2) is 14.1. The van der Waals surface area contributed by atoms with E-state index in [1.54, 1.807) is 6.07 Å². The van der Waals surface area contributed by atoms with Gasteiger partial charge in [-0.3, -0.25) is 19.7 Å². The van der Waals surface area contributed by atoms with E-state index in [0.717, 1.165) is 39.1 Å². The van der Waals surface area contributed by atoms with Crippen molar-refractivity contribution in [3.05, 3.63) is 75.3 Å². The topological polar surface area (TPSA) is 118 Å². The number of benzene rings is 2. The van der Waals surface area contributed by atoms with Crippen molar-refractivity contribution >= 4 is 33.4 Å². The number of nitrogens with one attached hydrogen (secondary N) is 1. The first-order valence-electron chi connectivity index (χ1n) is 12.1. The molecule has 0 saturated heterocycles. The number of aliphatic hydroxyl groups is 1. The fourth-order valence-electron chi connectivity index (χ4n) is 3.87. The summed E-state index contributed by atoms with van der Waals surface area (Å²) < 4.78 is 13.0. The summed E-state index contributed by atoms with van der Waals surface area (Å²) in [6.45, 7) is 1.41. The van der Waals surface area contributed by atoms with Crippen LogP contribution in [0, 0.1) is 6.92 Å². The van der Waals surface area contributed by atoms with E-state index in [0.29, 0.717) is 23.7 Å². The highest BCUT2D eigenvalue weighted by Gasteiger charge is 2.19. The lowest BCUT2D eigenvalue weighted by molar-refractivity contribution is -0.170. The molecule has 204 valence electrons. The van der Waals surface area contributed by atoms with Gasteiger partial charge in [0.1, 0.15) is 24.1 Å². The standard InChI is InChI=1S/C28H33BrN2O7/c1-18-12-21(14-30-23(15-32)28(34)35)25(38-17-26(33)31(2)36-3)13-24(18)37-16-20-10-7-11-22(27(20)29)19-8-5-4-6-9-19/h4-5,7-8,10-13,23,30,32H,6,9,14-17H2,1-3H3,(H,34,35)/t23-/m0/s1. The Bertz CT molecular complexity index is 1210. The molecular formula is C28H33BrN2O7. The number of nitrogens with zero attached hydrogens (tertiary/aromatic N) is 1. The fourth-order valence-corrected chi connectivity index (χ4v) is 4.51. The van der Waals surface area contributed by atoms with E-state index in [2.05, 4.69) is 45.5 Å². The molecule has 1 amide bonds. The second-order valence-electron chi connectivity index (χ2n) is 8.77. The number of aryl methyl sites for hydroxylation is 1. The van der Waals surface area contributed by atoms with Crippen LogP contribution in [0.5, 0.6) is 11.5 Å². The number of aliphatic carboxylic acids is 1. The molecule has 0 unspecified atom stereocenters. The van der Waals surface area contributed by atoms with Crippen LogP contribution in [-0.4, -0.2) is 60.6 Å². The van der Waals surface area contributed by atoms with Gasteiger partial charge in [-0.05, 0) is 58.5 Å². The molecule has 1 atom stereocenters. The van der Waals surface area contributed by atoms with Gasteiger partial charge in [-0.1, -0.05) is 36.4 Å². The Hall–Kier alpha value is -3.18. The number of rotatable bonds is 13. The molecule has 3 rings (SSSR count). The van der Waals surface area contributed by atoms with Crippen LogP contribution >= 0.6 is 15.9 Å². The normalized spacial score (nSPS) is 13.6. The van der Waals surface area contributed by atoms with Crippen LogP contribution in [0.25, 0.3) is 5.57 Å². The summed E-state index contributed by atoms with van der Waals surface area (Å²) in [5.41, 5.74) is 4.80. The number of hydrogen-bond donors (Lipinski definition) is 3. The molecule has 0 aromatic heterocycles. The third-order valence-electron chi connectivity index (χ3n) is 6.18. The van der Waals surface area contributed by atoms with Gasteiger partial charge in [-0.2, -0.15) is 0 Å². The molecule has 10 heteroatoms. The van der Waals surface area contributed by atoms with Crippen molar-refractivity contribution in [1.82, 2.24) is 10.4 Å². The minimum atomic E-state index is -1.17.